The Morgan fingerprint density at radius 2 is 2.08 bits per heavy atom. The summed E-state index contributed by atoms with van der Waals surface area (Å²) in [7, 11) is 0. The summed E-state index contributed by atoms with van der Waals surface area (Å²) in [5.41, 5.74) is 0.603. The molecule has 0 bridgehead atoms. The highest BCUT2D eigenvalue weighted by atomic mass is 19.1. The van der Waals surface area contributed by atoms with E-state index in [1.165, 1.54) is 6.07 Å². The number of halogens is 1. The molecule has 0 saturated carbocycles. The smallest absolute Gasteiger partial charge is 0.128 e. The lowest BCUT2D eigenvalue weighted by Crippen LogP contribution is -1.96. The second kappa shape index (κ2) is 4.88. The predicted molar refractivity (Wildman–Crippen MR) is 46.0 cm³/mol. The van der Waals surface area contributed by atoms with Crippen molar-refractivity contribution in [1.29, 1.82) is 0 Å². The quantitative estimate of drug-likeness (QED) is 0.626. The molecule has 0 N–H and O–H groups in total. The lowest BCUT2D eigenvalue weighted by molar-refractivity contribution is 0.122. The first-order valence-corrected chi connectivity index (χ1v) is 3.95. The van der Waals surface area contributed by atoms with Crippen LogP contribution in [-0.4, -0.2) is 6.61 Å². The average molecular weight is 167 g/mol. The second-order valence-corrected chi connectivity index (χ2v) is 2.50. The molecule has 2 heteroatoms. The Morgan fingerprint density at radius 3 is 2.75 bits per heavy atom. The first kappa shape index (κ1) is 9.20. The van der Waals surface area contributed by atoms with Crippen LogP contribution in [0.3, 0.4) is 0 Å². The van der Waals surface area contributed by atoms with Crippen LogP contribution in [0, 0.1) is 12.7 Å². The van der Waals surface area contributed by atoms with E-state index in [0.717, 1.165) is 0 Å². The van der Waals surface area contributed by atoms with Crippen molar-refractivity contribution in [2.24, 2.45) is 0 Å². The molecule has 1 nitrogen and oxygen atoms in total. The van der Waals surface area contributed by atoms with Gasteiger partial charge in [-0.3, -0.25) is 0 Å². The van der Waals surface area contributed by atoms with Crippen molar-refractivity contribution in [1.82, 2.24) is 0 Å². The van der Waals surface area contributed by atoms with Crippen molar-refractivity contribution in [3.8, 4) is 0 Å². The summed E-state index contributed by atoms with van der Waals surface area (Å²) in [5.74, 6) is -0.207. The van der Waals surface area contributed by atoms with Crippen molar-refractivity contribution in [2.45, 2.75) is 13.0 Å². The van der Waals surface area contributed by atoms with Gasteiger partial charge in [0.15, 0.2) is 0 Å². The topological polar surface area (TPSA) is 9.23 Å². The molecule has 0 spiro atoms. The van der Waals surface area contributed by atoms with Crippen molar-refractivity contribution >= 4 is 0 Å². The summed E-state index contributed by atoms with van der Waals surface area (Å²) in [5, 5.41) is 0. The van der Waals surface area contributed by atoms with Crippen molar-refractivity contribution in [3.05, 3.63) is 42.6 Å². The Morgan fingerprint density at radius 1 is 1.33 bits per heavy atom. The van der Waals surface area contributed by atoms with Gasteiger partial charge in [-0.05, 0) is 12.5 Å². The summed E-state index contributed by atoms with van der Waals surface area (Å²) in [6.07, 6.45) is 0.717. The lowest BCUT2D eigenvalue weighted by atomic mass is 10.2. The standard InChI is InChI=1S/C10H12FO/c1-2-7-12-8-9-5-3-4-6-10(9)11/h3-6H,1-2,7-8H2. The van der Waals surface area contributed by atoms with E-state index in [4.69, 9.17) is 4.74 Å². The van der Waals surface area contributed by atoms with Gasteiger partial charge in [0.2, 0.25) is 0 Å². The minimum atomic E-state index is -0.207. The van der Waals surface area contributed by atoms with Gasteiger partial charge in [-0.2, -0.15) is 0 Å². The van der Waals surface area contributed by atoms with Gasteiger partial charge in [-0.1, -0.05) is 25.1 Å². The third kappa shape index (κ3) is 2.62. The van der Waals surface area contributed by atoms with E-state index >= 15 is 0 Å². The molecule has 0 fully saturated rings. The van der Waals surface area contributed by atoms with Gasteiger partial charge < -0.3 is 4.74 Å². The molecule has 1 radical (unpaired) electrons. The zero-order valence-electron chi connectivity index (χ0n) is 6.92. The molecule has 0 amide bonds. The zero-order valence-corrected chi connectivity index (χ0v) is 6.92. The van der Waals surface area contributed by atoms with Crippen molar-refractivity contribution in [3.63, 3.8) is 0 Å². The molecule has 0 aliphatic rings. The minimum Gasteiger partial charge on any atom is -0.377 e. The maximum atomic E-state index is 12.9. The van der Waals surface area contributed by atoms with Crippen LogP contribution in [0.4, 0.5) is 4.39 Å². The Kier molecular flexibility index (Phi) is 3.74. The Balaban J connectivity index is 2.46. The van der Waals surface area contributed by atoms with Gasteiger partial charge in [0.05, 0.1) is 6.61 Å². The van der Waals surface area contributed by atoms with E-state index in [1.54, 1.807) is 18.2 Å². The summed E-state index contributed by atoms with van der Waals surface area (Å²) in [6.45, 7) is 4.53. The highest BCUT2D eigenvalue weighted by Gasteiger charge is 1.98. The molecule has 0 aromatic heterocycles. The molecule has 0 aliphatic heterocycles. The molecule has 65 valence electrons. The molecule has 0 atom stereocenters. The molecule has 0 unspecified atom stereocenters. The average Bonchev–Trinajstić information content (AvgIpc) is 2.09. The van der Waals surface area contributed by atoms with E-state index in [2.05, 4.69) is 6.92 Å². The number of benzene rings is 1. The van der Waals surface area contributed by atoms with Crippen LogP contribution in [0.1, 0.15) is 12.0 Å². The van der Waals surface area contributed by atoms with Crippen LogP contribution in [0.2, 0.25) is 0 Å². The van der Waals surface area contributed by atoms with Crippen LogP contribution >= 0.6 is 0 Å². The molecular weight excluding hydrogens is 155 g/mol. The second-order valence-electron chi connectivity index (χ2n) is 2.50. The van der Waals surface area contributed by atoms with Gasteiger partial charge in [0.25, 0.3) is 0 Å². The van der Waals surface area contributed by atoms with Gasteiger partial charge in [0.1, 0.15) is 5.82 Å². The Hall–Kier alpha value is -0.890. The van der Waals surface area contributed by atoms with Crippen LogP contribution in [0.15, 0.2) is 24.3 Å². The molecule has 0 saturated heterocycles. The normalized spacial score (nSPS) is 10.2. The van der Waals surface area contributed by atoms with E-state index in [1.807, 2.05) is 0 Å². The summed E-state index contributed by atoms with van der Waals surface area (Å²) >= 11 is 0. The van der Waals surface area contributed by atoms with Crippen molar-refractivity contribution < 1.29 is 9.13 Å². The third-order valence-corrected chi connectivity index (χ3v) is 1.50. The first-order chi connectivity index (χ1) is 5.84. The Bertz CT molecular complexity index is 235. The van der Waals surface area contributed by atoms with E-state index in [9.17, 15) is 4.39 Å². The molecular formula is C10H12FO. The molecule has 1 aromatic rings. The number of hydrogen-bond acceptors (Lipinski definition) is 1. The molecule has 1 rings (SSSR count). The van der Waals surface area contributed by atoms with E-state index in [0.29, 0.717) is 25.2 Å². The number of rotatable bonds is 4. The summed E-state index contributed by atoms with van der Waals surface area (Å²) in [4.78, 5) is 0. The molecule has 1 aromatic carbocycles. The number of hydrogen-bond donors (Lipinski definition) is 0. The minimum absolute atomic E-state index is 0.207. The first-order valence-electron chi connectivity index (χ1n) is 3.95. The van der Waals surface area contributed by atoms with Crippen LogP contribution in [0.5, 0.6) is 0 Å². The Labute approximate surface area is 72.2 Å². The monoisotopic (exact) mass is 167 g/mol. The predicted octanol–water partition coefficient (Wildman–Crippen LogP) is 2.57. The summed E-state index contributed by atoms with van der Waals surface area (Å²) in [6, 6.07) is 6.62. The van der Waals surface area contributed by atoms with Gasteiger partial charge in [-0.15, -0.1) is 0 Å². The maximum Gasteiger partial charge on any atom is 0.128 e. The van der Waals surface area contributed by atoms with E-state index < -0.39 is 0 Å². The van der Waals surface area contributed by atoms with E-state index in [-0.39, 0.29) is 5.82 Å². The van der Waals surface area contributed by atoms with Crippen molar-refractivity contribution in [2.75, 3.05) is 6.61 Å². The van der Waals surface area contributed by atoms with Crippen LogP contribution in [0.25, 0.3) is 0 Å². The largest absolute Gasteiger partial charge is 0.377 e. The van der Waals surface area contributed by atoms with Gasteiger partial charge >= 0.3 is 0 Å². The SMILES string of the molecule is [CH2]CCOCc1ccccc1F. The van der Waals surface area contributed by atoms with Crippen LogP contribution in [-0.2, 0) is 11.3 Å². The summed E-state index contributed by atoms with van der Waals surface area (Å²) < 4.78 is 18.1. The van der Waals surface area contributed by atoms with Gasteiger partial charge in [-0.25, -0.2) is 4.39 Å². The fourth-order valence-corrected chi connectivity index (χ4v) is 0.900. The fraction of sp³-hybridized carbons (Fsp3) is 0.300. The molecule has 12 heavy (non-hydrogen) atoms. The number of ether oxygens (including phenoxy) is 1. The van der Waals surface area contributed by atoms with Gasteiger partial charge in [0, 0.05) is 12.2 Å². The fourth-order valence-electron chi connectivity index (χ4n) is 0.900. The molecule has 0 heterocycles. The third-order valence-electron chi connectivity index (χ3n) is 1.50. The highest BCUT2D eigenvalue weighted by molar-refractivity contribution is 5.16. The zero-order chi connectivity index (χ0) is 8.81. The molecule has 0 aliphatic carbocycles. The highest BCUT2D eigenvalue weighted by Crippen LogP contribution is 2.07. The lowest BCUT2D eigenvalue weighted by Gasteiger charge is -2.02. The maximum absolute atomic E-state index is 12.9. The van der Waals surface area contributed by atoms with Crippen LogP contribution < -0.4 is 0 Å².